The van der Waals surface area contributed by atoms with Crippen LogP contribution >= 0.6 is 0 Å². The lowest BCUT2D eigenvalue weighted by molar-refractivity contribution is 0.0952. The van der Waals surface area contributed by atoms with Crippen molar-refractivity contribution in [2.75, 3.05) is 25.9 Å². The Bertz CT molecular complexity index is 822. The molecule has 0 aliphatic heterocycles. The van der Waals surface area contributed by atoms with E-state index in [0.717, 1.165) is 0 Å². The highest BCUT2D eigenvalue weighted by Crippen LogP contribution is 2.21. The Kier molecular flexibility index (Phi) is 7.17. The van der Waals surface area contributed by atoms with Gasteiger partial charge < -0.3 is 10.1 Å². The molecule has 2 rings (SSSR count). The number of sulfonamides is 1. The fourth-order valence-corrected chi connectivity index (χ4v) is 3.37. The Morgan fingerprint density at radius 1 is 1.08 bits per heavy atom. The van der Waals surface area contributed by atoms with E-state index < -0.39 is 10.0 Å². The maximum absolute atomic E-state index is 12.3. The van der Waals surface area contributed by atoms with Crippen LogP contribution in [0.4, 0.5) is 0 Å². The largest absolute Gasteiger partial charge is 0.457 e. The summed E-state index contributed by atoms with van der Waals surface area (Å²) in [6.45, 7) is 2.99. The van der Waals surface area contributed by atoms with Gasteiger partial charge in [-0.2, -0.15) is 0 Å². The minimum Gasteiger partial charge on any atom is -0.457 e. The van der Waals surface area contributed by atoms with Gasteiger partial charge in [-0.05, 0) is 36.8 Å². The molecule has 2 aromatic carbocycles. The van der Waals surface area contributed by atoms with Crippen molar-refractivity contribution in [3.63, 3.8) is 0 Å². The van der Waals surface area contributed by atoms with Crippen LogP contribution in [-0.4, -0.2) is 44.5 Å². The van der Waals surface area contributed by atoms with Crippen molar-refractivity contribution in [3.8, 4) is 11.5 Å². The van der Waals surface area contributed by atoms with Crippen LogP contribution < -0.4 is 10.1 Å². The summed E-state index contributed by atoms with van der Waals surface area (Å²) >= 11 is 0. The SMILES string of the molecule is CCN(CCCNC(=O)c1cccc(Oc2ccccc2)c1)S(C)(=O)=O. The van der Waals surface area contributed by atoms with Crippen molar-refractivity contribution < 1.29 is 17.9 Å². The van der Waals surface area contributed by atoms with E-state index in [1.807, 2.05) is 30.3 Å². The molecule has 0 atom stereocenters. The molecule has 0 radical (unpaired) electrons. The second-order valence-corrected chi connectivity index (χ2v) is 7.79. The van der Waals surface area contributed by atoms with E-state index >= 15 is 0 Å². The van der Waals surface area contributed by atoms with E-state index in [0.29, 0.717) is 43.1 Å². The lowest BCUT2D eigenvalue weighted by Gasteiger charge is -2.17. The molecule has 0 aliphatic carbocycles. The molecule has 0 spiro atoms. The van der Waals surface area contributed by atoms with Crippen LogP contribution in [0.5, 0.6) is 11.5 Å². The van der Waals surface area contributed by atoms with Gasteiger partial charge in [0.1, 0.15) is 11.5 Å². The number of hydrogen-bond donors (Lipinski definition) is 1. The van der Waals surface area contributed by atoms with Crippen LogP contribution in [0.3, 0.4) is 0 Å². The first-order valence-corrected chi connectivity index (χ1v) is 10.3. The predicted molar refractivity (Wildman–Crippen MR) is 102 cm³/mol. The van der Waals surface area contributed by atoms with Crippen LogP contribution in [0.2, 0.25) is 0 Å². The van der Waals surface area contributed by atoms with Gasteiger partial charge in [0.25, 0.3) is 5.91 Å². The summed E-state index contributed by atoms with van der Waals surface area (Å²) in [5.41, 5.74) is 0.494. The molecule has 0 saturated heterocycles. The standard InChI is InChI=1S/C19H24N2O4S/c1-3-21(26(2,23)24)14-8-13-20-19(22)16-9-7-12-18(15-16)25-17-10-5-4-6-11-17/h4-7,9-12,15H,3,8,13-14H2,1-2H3,(H,20,22). The molecule has 140 valence electrons. The highest BCUT2D eigenvalue weighted by atomic mass is 32.2. The second-order valence-electron chi connectivity index (χ2n) is 5.81. The molecular formula is C19H24N2O4S. The summed E-state index contributed by atoms with van der Waals surface area (Å²) in [7, 11) is -3.20. The van der Waals surface area contributed by atoms with Crippen LogP contribution in [-0.2, 0) is 10.0 Å². The molecule has 0 unspecified atom stereocenters. The summed E-state index contributed by atoms with van der Waals surface area (Å²) in [6, 6.07) is 16.3. The van der Waals surface area contributed by atoms with Gasteiger partial charge in [0.2, 0.25) is 10.0 Å². The summed E-state index contributed by atoms with van der Waals surface area (Å²) in [4.78, 5) is 12.3. The highest BCUT2D eigenvalue weighted by molar-refractivity contribution is 7.88. The molecule has 0 aromatic heterocycles. The monoisotopic (exact) mass is 376 g/mol. The fraction of sp³-hybridized carbons (Fsp3) is 0.316. The number of nitrogens with one attached hydrogen (secondary N) is 1. The van der Waals surface area contributed by atoms with E-state index in [-0.39, 0.29) is 5.91 Å². The van der Waals surface area contributed by atoms with E-state index in [1.165, 1.54) is 10.6 Å². The second kappa shape index (κ2) is 9.35. The van der Waals surface area contributed by atoms with Crippen molar-refractivity contribution in [2.24, 2.45) is 0 Å². The molecule has 0 aliphatic rings. The average molecular weight is 376 g/mol. The summed E-state index contributed by atoms with van der Waals surface area (Å²) in [5, 5.41) is 2.80. The zero-order chi connectivity index (χ0) is 19.0. The molecular weight excluding hydrogens is 352 g/mol. The van der Waals surface area contributed by atoms with Crippen molar-refractivity contribution in [3.05, 3.63) is 60.2 Å². The molecule has 0 fully saturated rings. The number of amides is 1. The first kappa shape index (κ1) is 19.9. The fourth-order valence-electron chi connectivity index (χ4n) is 2.44. The maximum atomic E-state index is 12.3. The third-order valence-electron chi connectivity index (χ3n) is 3.77. The van der Waals surface area contributed by atoms with Gasteiger partial charge in [-0.1, -0.05) is 31.2 Å². The Balaban J connectivity index is 1.87. The lowest BCUT2D eigenvalue weighted by Crippen LogP contribution is -2.33. The van der Waals surface area contributed by atoms with Crippen LogP contribution in [0.25, 0.3) is 0 Å². The number of hydrogen-bond acceptors (Lipinski definition) is 4. The van der Waals surface area contributed by atoms with E-state index in [1.54, 1.807) is 31.2 Å². The number of rotatable bonds is 9. The molecule has 26 heavy (non-hydrogen) atoms. The Morgan fingerprint density at radius 3 is 2.42 bits per heavy atom. The quantitative estimate of drug-likeness (QED) is 0.683. The number of nitrogens with zero attached hydrogens (tertiary/aromatic N) is 1. The molecule has 2 aromatic rings. The summed E-state index contributed by atoms with van der Waals surface area (Å²) in [6.07, 6.45) is 1.74. The Labute approximate surface area is 154 Å². The van der Waals surface area contributed by atoms with Crippen LogP contribution in [0.1, 0.15) is 23.7 Å². The first-order chi connectivity index (χ1) is 12.4. The molecule has 6 nitrogen and oxygen atoms in total. The molecule has 0 bridgehead atoms. The lowest BCUT2D eigenvalue weighted by atomic mass is 10.2. The van der Waals surface area contributed by atoms with Crippen molar-refractivity contribution in [1.29, 1.82) is 0 Å². The normalized spacial score (nSPS) is 11.3. The van der Waals surface area contributed by atoms with E-state index in [2.05, 4.69) is 5.32 Å². The zero-order valence-electron chi connectivity index (χ0n) is 15.0. The smallest absolute Gasteiger partial charge is 0.251 e. The summed E-state index contributed by atoms with van der Waals surface area (Å²) in [5.74, 6) is 1.06. The predicted octanol–water partition coefficient (Wildman–Crippen LogP) is 2.88. The first-order valence-electron chi connectivity index (χ1n) is 8.46. The van der Waals surface area contributed by atoms with Crippen molar-refractivity contribution in [2.45, 2.75) is 13.3 Å². The minimum absolute atomic E-state index is 0.217. The number of ether oxygens (including phenoxy) is 1. The molecule has 1 N–H and O–H groups in total. The van der Waals surface area contributed by atoms with Crippen molar-refractivity contribution in [1.82, 2.24) is 9.62 Å². The zero-order valence-corrected chi connectivity index (χ0v) is 15.8. The molecule has 0 saturated carbocycles. The third-order valence-corrected chi connectivity index (χ3v) is 5.15. The van der Waals surface area contributed by atoms with Gasteiger partial charge in [0.15, 0.2) is 0 Å². The van der Waals surface area contributed by atoms with Gasteiger partial charge in [-0.25, -0.2) is 12.7 Å². The summed E-state index contributed by atoms with van der Waals surface area (Å²) < 4.78 is 30.2. The number of benzene rings is 2. The maximum Gasteiger partial charge on any atom is 0.251 e. The van der Waals surface area contributed by atoms with Crippen LogP contribution in [0, 0.1) is 0 Å². The van der Waals surface area contributed by atoms with Crippen LogP contribution in [0.15, 0.2) is 54.6 Å². The number of carbonyl (C=O) groups excluding carboxylic acids is 1. The van der Waals surface area contributed by atoms with E-state index in [4.69, 9.17) is 4.74 Å². The van der Waals surface area contributed by atoms with E-state index in [9.17, 15) is 13.2 Å². The van der Waals surface area contributed by atoms with Gasteiger partial charge in [-0.15, -0.1) is 0 Å². The molecule has 1 amide bonds. The van der Waals surface area contributed by atoms with Gasteiger partial charge >= 0.3 is 0 Å². The van der Waals surface area contributed by atoms with Gasteiger partial charge in [-0.3, -0.25) is 4.79 Å². The van der Waals surface area contributed by atoms with Gasteiger partial charge in [0, 0.05) is 25.2 Å². The molecule has 7 heteroatoms. The number of para-hydroxylation sites is 1. The minimum atomic E-state index is -3.20. The molecule has 0 heterocycles. The van der Waals surface area contributed by atoms with Crippen molar-refractivity contribution >= 4 is 15.9 Å². The number of carbonyl (C=O) groups is 1. The average Bonchev–Trinajstić information content (AvgIpc) is 2.61. The third kappa shape index (κ3) is 6.16. The Morgan fingerprint density at radius 2 is 1.77 bits per heavy atom. The van der Waals surface area contributed by atoms with Gasteiger partial charge in [0.05, 0.1) is 6.26 Å². The Hall–Kier alpha value is -2.38. The highest BCUT2D eigenvalue weighted by Gasteiger charge is 2.13. The topological polar surface area (TPSA) is 75.7 Å².